The second-order valence-corrected chi connectivity index (χ2v) is 8.78. The minimum absolute atomic E-state index is 0.0680. The first-order valence-electron chi connectivity index (χ1n) is 10.8. The molecule has 4 aromatic rings. The summed E-state index contributed by atoms with van der Waals surface area (Å²) in [6.07, 6.45) is 2.14. The fraction of sp³-hybridized carbons (Fsp3) is 0.192. The lowest BCUT2D eigenvalue weighted by Gasteiger charge is -2.17. The topological polar surface area (TPSA) is 83.6 Å². The Morgan fingerprint density at radius 2 is 1.91 bits per heavy atom. The van der Waals surface area contributed by atoms with E-state index >= 15 is 0 Å². The number of para-hydroxylation sites is 1. The molecular formula is C26H23Cl2FN2O4. The van der Waals surface area contributed by atoms with E-state index in [1.54, 1.807) is 12.1 Å². The van der Waals surface area contributed by atoms with E-state index in [1.165, 1.54) is 25.3 Å². The number of fused-ring (bicyclic) bond motifs is 1. The minimum atomic E-state index is -0.954. The molecule has 0 fully saturated rings. The molecule has 0 saturated heterocycles. The number of aromatic nitrogens is 1. The monoisotopic (exact) mass is 516 g/mol. The van der Waals surface area contributed by atoms with E-state index in [2.05, 4.69) is 10.3 Å². The Balaban J connectivity index is 1.46. The molecule has 6 nitrogen and oxygen atoms in total. The number of carbonyl (C=O) groups is 1. The molecule has 3 N–H and O–H groups in total. The van der Waals surface area contributed by atoms with Gasteiger partial charge >= 0.3 is 5.97 Å². The number of benzene rings is 3. The molecule has 1 unspecified atom stereocenters. The van der Waals surface area contributed by atoms with Gasteiger partial charge in [-0.1, -0.05) is 47.5 Å². The van der Waals surface area contributed by atoms with Crippen LogP contribution in [0.1, 0.15) is 16.7 Å². The predicted molar refractivity (Wildman–Crippen MR) is 134 cm³/mol. The largest absolute Gasteiger partial charge is 0.493 e. The van der Waals surface area contributed by atoms with Crippen LogP contribution >= 0.6 is 23.2 Å². The smallest absolute Gasteiger partial charge is 0.321 e. The summed E-state index contributed by atoms with van der Waals surface area (Å²) in [5.74, 6) is -0.692. The summed E-state index contributed by atoms with van der Waals surface area (Å²) < 4.78 is 24.5. The Labute approximate surface area is 211 Å². The van der Waals surface area contributed by atoms with Crippen molar-refractivity contribution in [1.29, 1.82) is 0 Å². The van der Waals surface area contributed by atoms with Crippen molar-refractivity contribution in [2.45, 2.75) is 25.6 Å². The Kier molecular flexibility index (Phi) is 7.80. The van der Waals surface area contributed by atoms with Crippen LogP contribution in [-0.4, -0.2) is 29.2 Å². The van der Waals surface area contributed by atoms with Gasteiger partial charge in [-0.3, -0.25) is 4.79 Å². The zero-order chi connectivity index (χ0) is 24.9. The quantitative estimate of drug-likeness (QED) is 0.241. The number of nitrogens with one attached hydrogen (secondary N) is 2. The normalized spacial score (nSPS) is 12.0. The van der Waals surface area contributed by atoms with E-state index in [4.69, 9.17) is 32.7 Å². The fourth-order valence-electron chi connectivity index (χ4n) is 3.81. The summed E-state index contributed by atoms with van der Waals surface area (Å²) in [5.41, 5.74) is 3.20. The van der Waals surface area contributed by atoms with Gasteiger partial charge in [0.05, 0.1) is 17.2 Å². The second kappa shape index (κ2) is 11.0. The molecule has 0 aliphatic heterocycles. The van der Waals surface area contributed by atoms with Gasteiger partial charge in [-0.25, -0.2) is 4.39 Å². The molecule has 1 aromatic heterocycles. The number of aliphatic carboxylic acids is 1. The number of aromatic amines is 1. The van der Waals surface area contributed by atoms with Gasteiger partial charge in [0.15, 0.2) is 11.5 Å². The molecule has 1 heterocycles. The highest BCUT2D eigenvalue weighted by Crippen LogP contribution is 2.37. The molecular weight excluding hydrogens is 494 g/mol. The zero-order valence-electron chi connectivity index (χ0n) is 18.8. The van der Waals surface area contributed by atoms with E-state index in [0.29, 0.717) is 28.5 Å². The second-order valence-electron chi connectivity index (χ2n) is 7.97. The Bertz CT molecular complexity index is 1360. The lowest BCUT2D eigenvalue weighted by molar-refractivity contribution is -0.139. The summed E-state index contributed by atoms with van der Waals surface area (Å²) in [7, 11) is 1.48. The van der Waals surface area contributed by atoms with Crippen LogP contribution in [0.3, 0.4) is 0 Å². The van der Waals surface area contributed by atoms with Crippen LogP contribution in [0.2, 0.25) is 10.0 Å². The highest BCUT2D eigenvalue weighted by atomic mass is 35.5. The summed E-state index contributed by atoms with van der Waals surface area (Å²) in [5, 5.41) is 14.4. The highest BCUT2D eigenvalue weighted by molar-refractivity contribution is 6.32. The Hall–Kier alpha value is -3.26. The number of H-pyrrole nitrogens is 1. The first-order chi connectivity index (χ1) is 16.9. The molecule has 35 heavy (non-hydrogen) atoms. The van der Waals surface area contributed by atoms with Gasteiger partial charge in [-0.15, -0.1) is 0 Å². The summed E-state index contributed by atoms with van der Waals surface area (Å²) >= 11 is 12.5. The molecule has 3 aromatic carbocycles. The summed E-state index contributed by atoms with van der Waals surface area (Å²) in [6.45, 7) is 0.317. The van der Waals surface area contributed by atoms with Crippen LogP contribution in [0.15, 0.2) is 60.8 Å². The van der Waals surface area contributed by atoms with E-state index < -0.39 is 17.8 Å². The van der Waals surface area contributed by atoms with Crippen molar-refractivity contribution in [3.8, 4) is 11.5 Å². The number of hydrogen-bond acceptors (Lipinski definition) is 4. The number of carboxylic acid groups (broad SMARTS) is 1. The van der Waals surface area contributed by atoms with Crippen LogP contribution in [0.4, 0.5) is 4.39 Å². The lowest BCUT2D eigenvalue weighted by Crippen LogP contribution is -2.38. The Morgan fingerprint density at radius 3 is 2.66 bits per heavy atom. The standard InChI is InChI=1S/C26H23Cl2FN2O4/c1-34-24-9-15(8-21(28)25(24)35-14-16-6-7-18(29)11-20(16)27)12-30-23(26(32)33)10-17-13-31-22-5-3-2-4-19(17)22/h2-9,11,13,23,30-31H,10,12,14H2,1H3,(H,32,33). The predicted octanol–water partition coefficient (Wildman–Crippen LogP) is 5.99. The van der Waals surface area contributed by atoms with Crippen LogP contribution in [0.5, 0.6) is 11.5 Å². The average Bonchev–Trinajstić information content (AvgIpc) is 3.24. The van der Waals surface area contributed by atoms with Gasteiger partial charge < -0.3 is 24.9 Å². The molecule has 0 aliphatic rings. The molecule has 0 amide bonds. The fourth-order valence-corrected chi connectivity index (χ4v) is 4.32. The van der Waals surface area contributed by atoms with E-state index in [9.17, 15) is 14.3 Å². The molecule has 0 spiro atoms. The maximum atomic E-state index is 13.3. The van der Waals surface area contributed by atoms with Gasteiger partial charge in [0.1, 0.15) is 18.5 Å². The molecule has 182 valence electrons. The number of rotatable bonds is 10. The van der Waals surface area contributed by atoms with Crippen molar-refractivity contribution in [2.75, 3.05) is 7.11 Å². The molecule has 0 bridgehead atoms. The van der Waals surface area contributed by atoms with Crippen molar-refractivity contribution < 1.29 is 23.8 Å². The summed E-state index contributed by atoms with van der Waals surface area (Å²) in [4.78, 5) is 15.1. The third kappa shape index (κ3) is 5.88. The van der Waals surface area contributed by atoms with Crippen LogP contribution < -0.4 is 14.8 Å². The zero-order valence-corrected chi connectivity index (χ0v) is 20.3. The van der Waals surface area contributed by atoms with Crippen LogP contribution in [-0.2, 0) is 24.4 Å². The van der Waals surface area contributed by atoms with E-state index in [1.807, 2.05) is 30.5 Å². The van der Waals surface area contributed by atoms with Crippen molar-refractivity contribution in [3.63, 3.8) is 0 Å². The number of halogens is 3. The number of ether oxygens (including phenoxy) is 2. The van der Waals surface area contributed by atoms with Gasteiger partial charge in [0.2, 0.25) is 0 Å². The maximum Gasteiger partial charge on any atom is 0.321 e. The summed E-state index contributed by atoms with van der Waals surface area (Å²) in [6, 6.07) is 14.4. The van der Waals surface area contributed by atoms with Crippen molar-refractivity contribution in [3.05, 3.63) is 93.3 Å². The minimum Gasteiger partial charge on any atom is -0.493 e. The van der Waals surface area contributed by atoms with E-state index in [0.717, 1.165) is 22.0 Å². The Morgan fingerprint density at radius 1 is 1.11 bits per heavy atom. The van der Waals surface area contributed by atoms with Gasteiger partial charge in [0.25, 0.3) is 0 Å². The first kappa shape index (κ1) is 24.9. The molecule has 9 heteroatoms. The van der Waals surface area contributed by atoms with Crippen molar-refractivity contribution >= 4 is 40.1 Å². The first-order valence-corrected chi connectivity index (χ1v) is 11.6. The highest BCUT2D eigenvalue weighted by Gasteiger charge is 2.20. The van der Waals surface area contributed by atoms with Crippen LogP contribution in [0.25, 0.3) is 10.9 Å². The van der Waals surface area contributed by atoms with Gasteiger partial charge in [-0.05, 0) is 41.5 Å². The maximum absolute atomic E-state index is 13.3. The number of hydrogen-bond donors (Lipinski definition) is 3. The third-order valence-corrected chi connectivity index (χ3v) is 6.26. The molecule has 0 aliphatic carbocycles. The molecule has 1 atom stereocenters. The van der Waals surface area contributed by atoms with Crippen LogP contribution in [0, 0.1) is 5.82 Å². The van der Waals surface area contributed by atoms with Gasteiger partial charge in [-0.2, -0.15) is 0 Å². The molecule has 0 saturated carbocycles. The average molecular weight is 517 g/mol. The van der Waals surface area contributed by atoms with Gasteiger partial charge in [0, 0.05) is 35.6 Å². The van der Waals surface area contributed by atoms with Crippen molar-refractivity contribution in [1.82, 2.24) is 10.3 Å². The molecule has 4 rings (SSSR count). The van der Waals surface area contributed by atoms with E-state index in [-0.39, 0.29) is 18.2 Å². The lowest BCUT2D eigenvalue weighted by atomic mass is 10.0. The van der Waals surface area contributed by atoms with Crippen molar-refractivity contribution in [2.24, 2.45) is 0 Å². The molecule has 0 radical (unpaired) electrons. The number of methoxy groups -OCH3 is 1. The number of carboxylic acids is 1. The third-order valence-electron chi connectivity index (χ3n) is 5.63. The SMILES string of the molecule is COc1cc(CNC(Cc2c[nH]c3ccccc23)C(=O)O)cc(Cl)c1OCc1ccc(F)cc1Cl.